The standard InChI is InChI=1S/C31H31FN6O2S/c1-5-21-26(31-38-37-16(4)40-31)27(25(29(33)39)23(35-21)12-15(2)3)24-13-18-10-11-34-30(28(18)41-24)36-22-9-7-17-6-8-19(32)14-20(17)22/h6,8,10-11,13-15,22H,5,7,9,12H2,1-4H3,(H2,33,39)(H,34,36)/t22-/m1/s1. The molecule has 1 atom stereocenters. The molecular formula is C31H31FN6O2S. The topological polar surface area (TPSA) is 120 Å². The molecule has 0 bridgehead atoms. The number of fused-ring (bicyclic) bond motifs is 2. The number of amides is 1. The second kappa shape index (κ2) is 10.7. The van der Waals surface area contributed by atoms with E-state index in [-0.39, 0.29) is 17.8 Å². The van der Waals surface area contributed by atoms with Crippen molar-refractivity contribution in [1.29, 1.82) is 0 Å². The molecule has 0 radical (unpaired) electrons. The number of hydrogen-bond donors (Lipinski definition) is 2. The van der Waals surface area contributed by atoms with Crippen molar-refractivity contribution in [3.63, 3.8) is 0 Å². The lowest BCUT2D eigenvalue weighted by atomic mass is 9.92. The first kappa shape index (κ1) is 27.0. The van der Waals surface area contributed by atoms with Crippen molar-refractivity contribution in [2.75, 3.05) is 5.32 Å². The summed E-state index contributed by atoms with van der Waals surface area (Å²) in [5.41, 5.74) is 11.3. The molecule has 0 spiro atoms. The summed E-state index contributed by atoms with van der Waals surface area (Å²) in [6.45, 7) is 7.92. The van der Waals surface area contributed by atoms with E-state index >= 15 is 0 Å². The van der Waals surface area contributed by atoms with E-state index in [0.717, 1.165) is 44.6 Å². The smallest absolute Gasteiger partial charge is 0.251 e. The van der Waals surface area contributed by atoms with Gasteiger partial charge in [-0.2, -0.15) is 0 Å². The first-order valence-corrected chi connectivity index (χ1v) is 14.6. The number of nitrogens with two attached hydrogens (primary N) is 1. The number of anilines is 1. The van der Waals surface area contributed by atoms with Crippen LogP contribution in [-0.4, -0.2) is 26.1 Å². The van der Waals surface area contributed by atoms with Crippen molar-refractivity contribution in [1.82, 2.24) is 20.2 Å². The minimum absolute atomic E-state index is 0.0484. The molecule has 1 amide bonds. The van der Waals surface area contributed by atoms with Crippen molar-refractivity contribution in [3.8, 4) is 21.9 Å². The molecule has 41 heavy (non-hydrogen) atoms. The van der Waals surface area contributed by atoms with E-state index in [9.17, 15) is 9.18 Å². The first-order chi connectivity index (χ1) is 19.7. The number of thiophene rings is 1. The zero-order chi connectivity index (χ0) is 28.8. The van der Waals surface area contributed by atoms with Crippen LogP contribution in [0.4, 0.5) is 10.2 Å². The van der Waals surface area contributed by atoms with E-state index in [0.29, 0.717) is 52.8 Å². The Hall–Kier alpha value is -4.18. The number of aromatic nitrogens is 4. The van der Waals surface area contributed by atoms with Gasteiger partial charge in [-0.3, -0.25) is 9.78 Å². The third kappa shape index (κ3) is 4.97. The molecule has 1 aliphatic rings. The lowest BCUT2D eigenvalue weighted by Gasteiger charge is -2.18. The molecule has 5 aromatic rings. The van der Waals surface area contributed by atoms with Crippen LogP contribution >= 0.6 is 11.3 Å². The fourth-order valence-electron chi connectivity index (χ4n) is 5.70. The van der Waals surface area contributed by atoms with Crippen LogP contribution in [0.1, 0.15) is 72.0 Å². The molecule has 4 aromatic heterocycles. The molecule has 0 aliphatic heterocycles. The van der Waals surface area contributed by atoms with Crippen molar-refractivity contribution in [2.24, 2.45) is 11.7 Å². The van der Waals surface area contributed by atoms with E-state index in [2.05, 4.69) is 34.3 Å². The van der Waals surface area contributed by atoms with Gasteiger partial charge < -0.3 is 15.5 Å². The maximum absolute atomic E-state index is 14.1. The Kier molecular flexibility index (Phi) is 7.03. The second-order valence-electron chi connectivity index (χ2n) is 10.8. The number of nitrogens with zero attached hydrogens (tertiary/aromatic N) is 4. The Bertz CT molecular complexity index is 1790. The van der Waals surface area contributed by atoms with Gasteiger partial charge >= 0.3 is 0 Å². The summed E-state index contributed by atoms with van der Waals surface area (Å²) in [5, 5.41) is 12.9. The van der Waals surface area contributed by atoms with Gasteiger partial charge in [0.15, 0.2) is 0 Å². The van der Waals surface area contributed by atoms with Gasteiger partial charge in [0, 0.05) is 23.6 Å². The van der Waals surface area contributed by atoms with Gasteiger partial charge in [-0.05, 0) is 72.4 Å². The highest BCUT2D eigenvalue weighted by atomic mass is 32.1. The SMILES string of the molecule is CCc1nc(CC(C)C)c(C(N)=O)c(-c2cc3ccnc(N[C@@H]4CCc5ccc(F)cc54)c3s2)c1-c1nnc(C)o1. The van der Waals surface area contributed by atoms with Crippen LogP contribution in [0.15, 0.2) is 40.9 Å². The number of benzene rings is 1. The van der Waals surface area contributed by atoms with Crippen molar-refractivity contribution in [2.45, 2.75) is 59.4 Å². The summed E-state index contributed by atoms with van der Waals surface area (Å²) in [6.07, 6.45) is 4.69. The number of aryl methyl sites for hydroxylation is 3. The summed E-state index contributed by atoms with van der Waals surface area (Å²) in [7, 11) is 0. The molecule has 0 unspecified atom stereocenters. The largest absolute Gasteiger partial charge is 0.421 e. The summed E-state index contributed by atoms with van der Waals surface area (Å²) >= 11 is 1.51. The van der Waals surface area contributed by atoms with Gasteiger partial charge in [-0.1, -0.05) is 26.8 Å². The number of carbonyl (C=O) groups is 1. The summed E-state index contributed by atoms with van der Waals surface area (Å²) in [6, 6.07) is 8.92. The fraction of sp³-hybridized carbons (Fsp3) is 0.323. The Morgan fingerprint density at radius 1 is 1.20 bits per heavy atom. The summed E-state index contributed by atoms with van der Waals surface area (Å²) in [5.74, 6) is 0.896. The number of carbonyl (C=O) groups excluding carboxylic acids is 1. The highest BCUT2D eigenvalue weighted by Gasteiger charge is 2.29. The van der Waals surface area contributed by atoms with Crippen LogP contribution in [0.2, 0.25) is 0 Å². The highest BCUT2D eigenvalue weighted by molar-refractivity contribution is 7.23. The Morgan fingerprint density at radius 3 is 2.73 bits per heavy atom. The van der Waals surface area contributed by atoms with E-state index in [1.165, 1.54) is 17.4 Å². The quantitative estimate of drug-likeness (QED) is 0.210. The van der Waals surface area contributed by atoms with Gasteiger partial charge in [0.2, 0.25) is 11.8 Å². The van der Waals surface area contributed by atoms with Gasteiger partial charge in [0.05, 0.1) is 33.3 Å². The maximum atomic E-state index is 14.1. The third-order valence-electron chi connectivity index (χ3n) is 7.45. The molecule has 0 fully saturated rings. The van der Waals surface area contributed by atoms with Crippen LogP contribution in [0.5, 0.6) is 0 Å². The number of rotatable bonds is 8. The molecule has 6 rings (SSSR count). The molecule has 3 N–H and O–H groups in total. The molecule has 0 saturated heterocycles. The van der Waals surface area contributed by atoms with Gasteiger partial charge in [-0.25, -0.2) is 9.37 Å². The average Bonchev–Trinajstić information content (AvgIpc) is 3.66. The van der Waals surface area contributed by atoms with E-state index < -0.39 is 5.91 Å². The normalized spacial score (nSPS) is 14.6. The molecular weight excluding hydrogens is 539 g/mol. The van der Waals surface area contributed by atoms with Gasteiger partial charge in [0.25, 0.3) is 5.91 Å². The fourth-order valence-corrected chi connectivity index (χ4v) is 6.86. The van der Waals surface area contributed by atoms with Crippen molar-refractivity contribution < 1.29 is 13.6 Å². The number of primary amides is 1. The van der Waals surface area contributed by atoms with Crippen molar-refractivity contribution in [3.05, 3.63) is 76.3 Å². The Morgan fingerprint density at radius 2 is 2.02 bits per heavy atom. The van der Waals surface area contributed by atoms with Crippen LogP contribution in [0, 0.1) is 18.7 Å². The Balaban J connectivity index is 1.55. The lowest BCUT2D eigenvalue weighted by molar-refractivity contribution is 0.0999. The predicted octanol–water partition coefficient (Wildman–Crippen LogP) is 6.82. The van der Waals surface area contributed by atoms with E-state index in [4.69, 9.17) is 15.1 Å². The highest BCUT2D eigenvalue weighted by Crippen LogP contribution is 2.45. The molecule has 8 nitrogen and oxygen atoms in total. The number of halogens is 1. The van der Waals surface area contributed by atoms with Crippen LogP contribution < -0.4 is 11.1 Å². The summed E-state index contributed by atoms with van der Waals surface area (Å²) < 4.78 is 20.9. The molecule has 210 valence electrons. The second-order valence-corrected chi connectivity index (χ2v) is 11.9. The minimum Gasteiger partial charge on any atom is -0.421 e. The average molecular weight is 571 g/mol. The first-order valence-electron chi connectivity index (χ1n) is 13.8. The molecule has 1 aromatic carbocycles. The predicted molar refractivity (Wildman–Crippen MR) is 158 cm³/mol. The van der Waals surface area contributed by atoms with Crippen LogP contribution in [0.3, 0.4) is 0 Å². The molecule has 0 saturated carbocycles. The van der Waals surface area contributed by atoms with Crippen LogP contribution in [-0.2, 0) is 19.3 Å². The summed E-state index contributed by atoms with van der Waals surface area (Å²) in [4.78, 5) is 23.5. The zero-order valence-corrected chi connectivity index (χ0v) is 24.2. The van der Waals surface area contributed by atoms with E-state index in [1.807, 2.05) is 25.1 Å². The minimum atomic E-state index is -0.554. The molecule has 10 heteroatoms. The Labute approximate surface area is 241 Å². The maximum Gasteiger partial charge on any atom is 0.251 e. The number of nitrogens with one attached hydrogen (secondary N) is 1. The number of hydrogen-bond acceptors (Lipinski definition) is 8. The zero-order valence-electron chi connectivity index (χ0n) is 23.4. The van der Waals surface area contributed by atoms with Gasteiger partial charge in [0.1, 0.15) is 11.6 Å². The molecule has 4 heterocycles. The van der Waals surface area contributed by atoms with Crippen LogP contribution in [0.25, 0.3) is 32.0 Å². The lowest BCUT2D eigenvalue weighted by Crippen LogP contribution is -2.19. The third-order valence-corrected chi connectivity index (χ3v) is 8.62. The van der Waals surface area contributed by atoms with E-state index in [1.54, 1.807) is 19.2 Å². The van der Waals surface area contributed by atoms with Crippen molar-refractivity contribution >= 4 is 33.1 Å². The number of pyridine rings is 2. The molecule has 1 aliphatic carbocycles. The monoisotopic (exact) mass is 570 g/mol. The van der Waals surface area contributed by atoms with Gasteiger partial charge in [-0.15, -0.1) is 21.5 Å².